The molecule has 1 aromatic heterocycles. The maximum absolute atomic E-state index is 12.9. The van der Waals surface area contributed by atoms with Crippen molar-refractivity contribution < 1.29 is 28.6 Å². The zero-order valence-electron chi connectivity index (χ0n) is 22.7. The second-order valence-electron chi connectivity index (χ2n) is 10.2. The molecule has 1 aliphatic carbocycles. The van der Waals surface area contributed by atoms with Gasteiger partial charge in [0.1, 0.15) is 18.7 Å². The summed E-state index contributed by atoms with van der Waals surface area (Å²) >= 11 is 0. The van der Waals surface area contributed by atoms with Crippen LogP contribution in [0.4, 0.5) is 4.79 Å². The molecule has 1 aliphatic heterocycles. The van der Waals surface area contributed by atoms with E-state index in [-0.39, 0.29) is 30.0 Å². The Morgan fingerprint density at radius 3 is 2.67 bits per heavy atom. The highest BCUT2D eigenvalue weighted by Crippen LogP contribution is 2.32. The molecule has 3 atom stereocenters. The summed E-state index contributed by atoms with van der Waals surface area (Å²) < 4.78 is 17.4. The van der Waals surface area contributed by atoms with Crippen molar-refractivity contribution in [1.29, 1.82) is 0 Å². The van der Waals surface area contributed by atoms with E-state index in [1.807, 2.05) is 12.1 Å². The van der Waals surface area contributed by atoms with Crippen molar-refractivity contribution in [1.82, 2.24) is 19.8 Å². The van der Waals surface area contributed by atoms with Crippen LogP contribution < -0.4 is 15.6 Å². The molecule has 2 heterocycles. The van der Waals surface area contributed by atoms with Gasteiger partial charge in [-0.2, -0.15) is 4.98 Å². The molecule has 2 aliphatic rings. The fraction of sp³-hybridized carbons (Fsp3) is 0.607. The lowest BCUT2D eigenvalue weighted by Crippen LogP contribution is -2.46. The number of fused-ring (bicyclic) bond motifs is 1. The summed E-state index contributed by atoms with van der Waals surface area (Å²) in [4.78, 5) is 55.6. The molecule has 1 saturated carbocycles. The molecule has 11 heteroatoms. The molecule has 11 nitrogen and oxygen atoms in total. The Hall–Kier alpha value is -3.63. The van der Waals surface area contributed by atoms with Gasteiger partial charge in [0.15, 0.2) is 0 Å². The van der Waals surface area contributed by atoms with Crippen molar-refractivity contribution in [2.45, 2.75) is 76.5 Å². The van der Waals surface area contributed by atoms with Crippen LogP contribution in [0.1, 0.15) is 57.8 Å². The van der Waals surface area contributed by atoms with Gasteiger partial charge in [0.2, 0.25) is 5.91 Å². The molecule has 212 valence electrons. The number of methoxy groups -OCH3 is 2. The van der Waals surface area contributed by atoms with Gasteiger partial charge in [-0.1, -0.05) is 25.0 Å². The van der Waals surface area contributed by atoms with E-state index in [0.29, 0.717) is 36.4 Å². The number of ether oxygens (including phenoxy) is 3. The number of nitrogens with zero attached hydrogens (tertiary/aromatic N) is 3. The van der Waals surface area contributed by atoms with Gasteiger partial charge < -0.3 is 24.4 Å². The van der Waals surface area contributed by atoms with E-state index in [4.69, 9.17) is 14.2 Å². The van der Waals surface area contributed by atoms with Gasteiger partial charge in [0, 0.05) is 13.1 Å². The first-order chi connectivity index (χ1) is 18.9. The molecule has 39 heavy (non-hydrogen) atoms. The van der Waals surface area contributed by atoms with Crippen LogP contribution in [0.3, 0.4) is 0 Å². The number of hydrogen-bond acceptors (Lipinski definition) is 8. The molecular formula is C28H38N4O7. The molecule has 1 aromatic carbocycles. The number of esters is 1. The second kappa shape index (κ2) is 13.4. The van der Waals surface area contributed by atoms with Crippen LogP contribution in [0, 0.1) is 5.92 Å². The van der Waals surface area contributed by atoms with Gasteiger partial charge in [-0.25, -0.2) is 9.59 Å². The third-order valence-corrected chi connectivity index (χ3v) is 7.74. The van der Waals surface area contributed by atoms with Crippen LogP contribution >= 0.6 is 0 Å². The number of rotatable bonds is 11. The van der Waals surface area contributed by atoms with Crippen LogP contribution in [-0.4, -0.2) is 71.9 Å². The fourth-order valence-corrected chi connectivity index (χ4v) is 5.72. The molecular weight excluding hydrogens is 504 g/mol. The van der Waals surface area contributed by atoms with E-state index >= 15 is 0 Å². The van der Waals surface area contributed by atoms with Crippen molar-refractivity contribution in [2.75, 3.05) is 27.3 Å². The Morgan fingerprint density at radius 2 is 1.87 bits per heavy atom. The minimum atomic E-state index is -0.607. The number of para-hydroxylation sites is 1. The number of unbranched alkanes of at least 4 members (excludes halogenated alkanes) is 2. The molecule has 2 fully saturated rings. The third kappa shape index (κ3) is 6.88. The van der Waals surface area contributed by atoms with Crippen LogP contribution in [0.25, 0.3) is 10.9 Å². The van der Waals surface area contributed by atoms with Crippen molar-refractivity contribution in [2.24, 2.45) is 5.92 Å². The average Bonchev–Trinajstić information content (AvgIpc) is 3.62. The van der Waals surface area contributed by atoms with Crippen LogP contribution in [-0.2, 0) is 25.6 Å². The van der Waals surface area contributed by atoms with E-state index in [0.717, 1.165) is 51.4 Å². The Balaban J connectivity index is 1.19. The number of alkyl carbamates (subject to hydrolysis) is 1. The Labute approximate surface area is 227 Å². The van der Waals surface area contributed by atoms with Crippen molar-refractivity contribution in [3.05, 3.63) is 34.6 Å². The van der Waals surface area contributed by atoms with Gasteiger partial charge in [-0.05, 0) is 63.0 Å². The van der Waals surface area contributed by atoms with Gasteiger partial charge >= 0.3 is 12.1 Å². The minimum absolute atomic E-state index is 0.100. The molecule has 0 bridgehead atoms. The lowest BCUT2D eigenvalue weighted by Gasteiger charge is -2.23. The predicted octanol–water partition coefficient (Wildman–Crippen LogP) is 3.02. The van der Waals surface area contributed by atoms with E-state index in [2.05, 4.69) is 10.3 Å². The summed E-state index contributed by atoms with van der Waals surface area (Å²) in [5, 5.41) is 3.13. The Morgan fingerprint density at radius 1 is 1.05 bits per heavy atom. The molecule has 2 amide bonds. The third-order valence-electron chi connectivity index (χ3n) is 7.74. The number of aromatic nitrogens is 2. The summed E-state index contributed by atoms with van der Waals surface area (Å²) in [5.41, 5.74) is 0.523. The van der Waals surface area contributed by atoms with E-state index < -0.39 is 18.1 Å². The molecule has 0 radical (unpaired) electrons. The highest BCUT2D eigenvalue weighted by Gasteiger charge is 2.35. The van der Waals surface area contributed by atoms with E-state index in [9.17, 15) is 19.2 Å². The largest absolute Gasteiger partial charge is 0.468 e. The maximum atomic E-state index is 12.9. The van der Waals surface area contributed by atoms with Gasteiger partial charge in [0.25, 0.3) is 11.6 Å². The summed E-state index contributed by atoms with van der Waals surface area (Å²) in [5.74, 6) is -0.481. The molecule has 1 N–H and O–H groups in total. The first-order valence-corrected chi connectivity index (χ1v) is 13.8. The summed E-state index contributed by atoms with van der Waals surface area (Å²) in [6.07, 6.45) is 6.89. The maximum Gasteiger partial charge on any atom is 0.407 e. The quantitative estimate of drug-likeness (QED) is 0.339. The number of likely N-dealkylation sites (tertiary alicyclic amines) is 1. The van der Waals surface area contributed by atoms with Gasteiger partial charge in [0.05, 0.1) is 25.1 Å². The zero-order valence-corrected chi connectivity index (χ0v) is 22.7. The lowest BCUT2D eigenvalue weighted by molar-refractivity contribution is -0.150. The Bertz CT molecular complexity index is 1230. The summed E-state index contributed by atoms with van der Waals surface area (Å²) in [6, 6.07) is 6.98. The topological polar surface area (TPSA) is 129 Å². The number of amides is 2. The average molecular weight is 543 g/mol. The van der Waals surface area contributed by atoms with E-state index in [1.165, 1.54) is 19.1 Å². The number of carbonyl (C=O) groups is 3. The number of carbonyl (C=O) groups excluding carboxylic acids is 3. The summed E-state index contributed by atoms with van der Waals surface area (Å²) in [6.45, 7) is 0.781. The predicted molar refractivity (Wildman–Crippen MR) is 143 cm³/mol. The van der Waals surface area contributed by atoms with Crippen molar-refractivity contribution in [3.63, 3.8) is 0 Å². The second-order valence-corrected chi connectivity index (χ2v) is 10.2. The number of nitrogens with one attached hydrogen (secondary N) is 1. The van der Waals surface area contributed by atoms with Gasteiger partial charge in [-0.15, -0.1) is 0 Å². The Kier molecular flexibility index (Phi) is 9.78. The van der Waals surface area contributed by atoms with Gasteiger partial charge in [-0.3, -0.25) is 14.2 Å². The highest BCUT2D eigenvalue weighted by atomic mass is 16.6. The van der Waals surface area contributed by atoms with Crippen LogP contribution in [0.15, 0.2) is 29.1 Å². The van der Waals surface area contributed by atoms with E-state index in [1.54, 1.807) is 16.7 Å². The molecule has 0 spiro atoms. The standard InChI is InChI=1S/C28H38N4O7/c1-37-26(35)22-14-9-17-31(22)24(33)18-29-28(36)39-23-15-8-11-19(23)10-4-3-7-16-32-25(34)20-12-5-6-13-21(20)30-27(32)38-2/h5-6,12-13,19,22-23H,3-4,7-11,14-18H2,1-2H3,(H,29,36)/t19-,22+,23-/m1/s1. The van der Waals surface area contributed by atoms with Crippen LogP contribution in [0.5, 0.6) is 6.01 Å². The number of hydrogen-bond donors (Lipinski definition) is 1. The minimum Gasteiger partial charge on any atom is -0.468 e. The lowest BCUT2D eigenvalue weighted by atomic mass is 9.98. The first-order valence-electron chi connectivity index (χ1n) is 13.8. The smallest absolute Gasteiger partial charge is 0.407 e. The molecule has 1 saturated heterocycles. The zero-order chi connectivity index (χ0) is 27.8. The highest BCUT2D eigenvalue weighted by molar-refractivity contribution is 5.87. The molecule has 0 unspecified atom stereocenters. The summed E-state index contributed by atoms with van der Waals surface area (Å²) in [7, 11) is 2.82. The fourth-order valence-electron chi connectivity index (χ4n) is 5.72. The monoisotopic (exact) mass is 542 g/mol. The number of benzene rings is 1. The van der Waals surface area contributed by atoms with Crippen molar-refractivity contribution >= 4 is 28.9 Å². The molecule has 2 aromatic rings. The molecule has 4 rings (SSSR count). The SMILES string of the molecule is COC(=O)[C@@H]1CCCN1C(=O)CNC(=O)O[C@@H]1CCC[C@H]1CCCCCn1c(OC)nc2ccccc2c1=O. The van der Waals surface area contributed by atoms with Crippen LogP contribution in [0.2, 0.25) is 0 Å². The first kappa shape index (κ1) is 28.4. The normalized spacial score (nSPS) is 20.7. The van der Waals surface area contributed by atoms with Crippen molar-refractivity contribution in [3.8, 4) is 6.01 Å².